The largest absolute Gasteiger partial charge is 0.396 e. The summed E-state index contributed by atoms with van der Waals surface area (Å²) in [5.74, 6) is 0.0774. The molecule has 0 radical (unpaired) electrons. The maximum atomic E-state index is 12.6. The summed E-state index contributed by atoms with van der Waals surface area (Å²) in [6, 6.07) is 7.65. The molecule has 1 amide bonds. The van der Waals surface area contributed by atoms with Gasteiger partial charge in [-0.15, -0.1) is 11.3 Å². The van der Waals surface area contributed by atoms with Crippen LogP contribution in [0.2, 0.25) is 0 Å². The monoisotopic (exact) mass is 346 g/mol. The summed E-state index contributed by atoms with van der Waals surface area (Å²) >= 11 is 1.56. The van der Waals surface area contributed by atoms with Crippen molar-refractivity contribution >= 4 is 17.2 Å². The average Bonchev–Trinajstić information content (AvgIpc) is 3.17. The third-order valence-electron chi connectivity index (χ3n) is 4.25. The van der Waals surface area contributed by atoms with Gasteiger partial charge in [-0.2, -0.15) is 0 Å². The van der Waals surface area contributed by atoms with Crippen molar-refractivity contribution in [2.45, 2.75) is 25.4 Å². The Bertz CT molecular complexity index is 635. The zero-order chi connectivity index (χ0) is 16.8. The summed E-state index contributed by atoms with van der Waals surface area (Å²) in [7, 11) is 0. The van der Waals surface area contributed by atoms with E-state index in [2.05, 4.69) is 4.98 Å². The highest BCUT2D eigenvalue weighted by Crippen LogP contribution is 2.21. The van der Waals surface area contributed by atoms with Gasteiger partial charge in [-0.3, -0.25) is 4.79 Å². The molecule has 3 rings (SSSR count). The van der Waals surface area contributed by atoms with Crippen molar-refractivity contribution in [3.63, 3.8) is 0 Å². The fraction of sp³-hybridized carbons (Fsp3) is 0.444. The number of aliphatic hydroxyl groups excluding tert-OH is 1. The van der Waals surface area contributed by atoms with Gasteiger partial charge in [-0.05, 0) is 31.4 Å². The molecule has 0 unspecified atom stereocenters. The number of hydrogen-bond acceptors (Lipinski definition) is 5. The van der Waals surface area contributed by atoms with E-state index in [1.807, 2.05) is 34.5 Å². The summed E-state index contributed by atoms with van der Waals surface area (Å²) in [6.45, 7) is 2.19. The van der Waals surface area contributed by atoms with Gasteiger partial charge in [-0.25, -0.2) is 4.98 Å². The molecule has 0 aliphatic carbocycles. The third kappa shape index (κ3) is 4.20. The van der Waals surface area contributed by atoms with Crippen molar-refractivity contribution in [3.8, 4) is 11.3 Å². The predicted molar refractivity (Wildman–Crippen MR) is 94.1 cm³/mol. The van der Waals surface area contributed by atoms with Crippen molar-refractivity contribution in [1.82, 2.24) is 9.88 Å². The summed E-state index contributed by atoms with van der Waals surface area (Å²) < 4.78 is 5.71. The number of carbonyl (C=O) groups excluding carboxylic acids is 1. The number of amides is 1. The lowest BCUT2D eigenvalue weighted by atomic mass is 10.0. The van der Waals surface area contributed by atoms with Gasteiger partial charge >= 0.3 is 0 Å². The number of piperidine rings is 1. The SMILES string of the molecule is O=C(c1ccc(-c2cscn2)cc1)N1CCC(OCCCO)CC1. The van der Waals surface area contributed by atoms with Crippen LogP contribution in [0.25, 0.3) is 11.3 Å². The number of carbonyl (C=O) groups is 1. The van der Waals surface area contributed by atoms with Gasteiger partial charge < -0.3 is 14.7 Å². The Labute approximate surface area is 145 Å². The predicted octanol–water partition coefficient (Wildman–Crippen LogP) is 2.81. The maximum absolute atomic E-state index is 12.6. The first-order valence-electron chi connectivity index (χ1n) is 8.28. The van der Waals surface area contributed by atoms with Crippen molar-refractivity contribution in [1.29, 1.82) is 0 Å². The second-order valence-electron chi connectivity index (χ2n) is 5.89. The molecule has 1 aliphatic heterocycles. The van der Waals surface area contributed by atoms with Crippen LogP contribution in [-0.4, -0.2) is 53.3 Å². The minimum Gasteiger partial charge on any atom is -0.396 e. The van der Waals surface area contributed by atoms with Crippen molar-refractivity contribution < 1.29 is 14.6 Å². The number of thiazole rings is 1. The van der Waals surface area contributed by atoms with E-state index in [4.69, 9.17) is 9.84 Å². The lowest BCUT2D eigenvalue weighted by molar-refractivity contribution is 0.00398. The van der Waals surface area contributed by atoms with Gasteiger partial charge in [0.05, 0.1) is 17.3 Å². The van der Waals surface area contributed by atoms with Crippen LogP contribution >= 0.6 is 11.3 Å². The first kappa shape index (κ1) is 17.1. The number of likely N-dealkylation sites (tertiary alicyclic amines) is 1. The second-order valence-corrected chi connectivity index (χ2v) is 6.61. The lowest BCUT2D eigenvalue weighted by Crippen LogP contribution is -2.41. The minimum atomic E-state index is 0.0774. The molecule has 0 saturated carbocycles. The van der Waals surface area contributed by atoms with Crippen LogP contribution in [0.15, 0.2) is 35.2 Å². The van der Waals surface area contributed by atoms with E-state index in [0.29, 0.717) is 18.6 Å². The second kappa shape index (κ2) is 8.37. The van der Waals surface area contributed by atoms with Gasteiger partial charge in [0.25, 0.3) is 5.91 Å². The minimum absolute atomic E-state index is 0.0774. The molecule has 5 nitrogen and oxygen atoms in total. The van der Waals surface area contributed by atoms with Gasteiger partial charge in [0.1, 0.15) is 0 Å². The molecule has 0 atom stereocenters. The third-order valence-corrected chi connectivity index (χ3v) is 4.83. The summed E-state index contributed by atoms with van der Waals surface area (Å²) in [5, 5.41) is 10.8. The molecule has 0 spiro atoms. The van der Waals surface area contributed by atoms with E-state index in [0.717, 1.165) is 37.2 Å². The van der Waals surface area contributed by atoms with Crippen LogP contribution in [0.5, 0.6) is 0 Å². The van der Waals surface area contributed by atoms with Crippen LogP contribution in [0, 0.1) is 0 Å². The molecule has 1 saturated heterocycles. The number of hydrogen-bond donors (Lipinski definition) is 1. The molecule has 1 N–H and O–H groups in total. The summed E-state index contributed by atoms with van der Waals surface area (Å²) in [5.41, 5.74) is 4.50. The molecule has 1 aromatic heterocycles. The van der Waals surface area contributed by atoms with E-state index >= 15 is 0 Å². The zero-order valence-electron chi connectivity index (χ0n) is 13.6. The molecule has 2 aromatic rings. The topological polar surface area (TPSA) is 62.7 Å². The molecule has 0 bridgehead atoms. The Kier molecular flexibility index (Phi) is 5.96. The highest BCUT2D eigenvalue weighted by molar-refractivity contribution is 7.07. The quantitative estimate of drug-likeness (QED) is 0.817. The van der Waals surface area contributed by atoms with E-state index in [1.165, 1.54) is 0 Å². The smallest absolute Gasteiger partial charge is 0.253 e. The van der Waals surface area contributed by atoms with E-state index in [9.17, 15) is 4.79 Å². The first-order chi connectivity index (χ1) is 11.8. The number of ether oxygens (including phenoxy) is 1. The molecule has 6 heteroatoms. The number of aromatic nitrogens is 1. The Balaban J connectivity index is 1.54. The maximum Gasteiger partial charge on any atom is 0.253 e. The number of aliphatic hydroxyl groups is 1. The molecular weight excluding hydrogens is 324 g/mol. The number of rotatable bonds is 6. The van der Waals surface area contributed by atoms with Crippen LogP contribution in [-0.2, 0) is 4.74 Å². The van der Waals surface area contributed by atoms with Gasteiger partial charge in [0.2, 0.25) is 0 Å². The first-order valence-corrected chi connectivity index (χ1v) is 9.22. The molecule has 2 heterocycles. The molecule has 24 heavy (non-hydrogen) atoms. The summed E-state index contributed by atoms with van der Waals surface area (Å²) in [4.78, 5) is 18.8. The van der Waals surface area contributed by atoms with Crippen LogP contribution in [0.3, 0.4) is 0 Å². The van der Waals surface area contributed by atoms with E-state index in [1.54, 1.807) is 16.8 Å². The fourth-order valence-electron chi connectivity index (χ4n) is 2.86. The molecule has 1 aliphatic rings. The van der Waals surface area contributed by atoms with Crippen molar-refractivity contribution in [3.05, 3.63) is 40.7 Å². The Morgan fingerprint density at radius 1 is 1.29 bits per heavy atom. The molecular formula is C18H22N2O3S. The zero-order valence-corrected chi connectivity index (χ0v) is 14.4. The van der Waals surface area contributed by atoms with Gasteiger partial charge in [0.15, 0.2) is 0 Å². The molecule has 1 aromatic carbocycles. The van der Waals surface area contributed by atoms with Crippen LogP contribution in [0.1, 0.15) is 29.6 Å². The molecule has 1 fully saturated rings. The van der Waals surface area contributed by atoms with Crippen molar-refractivity contribution in [2.24, 2.45) is 0 Å². The fourth-order valence-corrected chi connectivity index (χ4v) is 3.42. The lowest BCUT2D eigenvalue weighted by Gasteiger charge is -2.32. The van der Waals surface area contributed by atoms with E-state index < -0.39 is 0 Å². The highest BCUT2D eigenvalue weighted by atomic mass is 32.1. The van der Waals surface area contributed by atoms with E-state index in [-0.39, 0.29) is 18.6 Å². The van der Waals surface area contributed by atoms with Crippen molar-refractivity contribution in [2.75, 3.05) is 26.3 Å². The average molecular weight is 346 g/mol. The Morgan fingerprint density at radius 3 is 2.67 bits per heavy atom. The van der Waals surface area contributed by atoms with Crippen LogP contribution in [0.4, 0.5) is 0 Å². The molecule has 128 valence electrons. The summed E-state index contributed by atoms with van der Waals surface area (Å²) in [6.07, 6.45) is 2.58. The van der Waals surface area contributed by atoms with Gasteiger partial charge in [-0.1, -0.05) is 12.1 Å². The number of nitrogens with zero attached hydrogens (tertiary/aromatic N) is 2. The number of benzene rings is 1. The van der Waals surface area contributed by atoms with Crippen LogP contribution < -0.4 is 0 Å². The Hall–Kier alpha value is -1.76. The van der Waals surface area contributed by atoms with Gasteiger partial charge in [0, 0.05) is 42.8 Å². The highest BCUT2D eigenvalue weighted by Gasteiger charge is 2.23. The standard InChI is InChI=1S/C18H22N2O3S/c21-10-1-11-23-16-6-8-20(9-7-16)18(22)15-4-2-14(3-5-15)17-12-24-13-19-17/h2-5,12-13,16,21H,1,6-11H2. The normalized spacial score (nSPS) is 15.6. The Morgan fingerprint density at radius 2 is 2.04 bits per heavy atom.